The van der Waals surface area contributed by atoms with Crippen LogP contribution in [-0.4, -0.2) is 73.3 Å². The molecule has 0 radical (unpaired) electrons. The number of hydrogen-bond acceptors (Lipinski definition) is 5. The van der Waals surface area contributed by atoms with Crippen LogP contribution in [0.25, 0.3) is 22.2 Å². The molecule has 4 rings (SSSR count). The molecule has 0 atom stereocenters. The monoisotopic (exact) mass is 532 g/mol. The highest BCUT2D eigenvalue weighted by Crippen LogP contribution is 2.39. The van der Waals surface area contributed by atoms with Crippen molar-refractivity contribution in [3.63, 3.8) is 0 Å². The van der Waals surface area contributed by atoms with Gasteiger partial charge in [-0.25, -0.2) is 14.8 Å². The van der Waals surface area contributed by atoms with Crippen LogP contribution in [0.1, 0.15) is 20.3 Å². The summed E-state index contributed by atoms with van der Waals surface area (Å²) in [6.45, 7) is 10.6. The van der Waals surface area contributed by atoms with Gasteiger partial charge >= 0.3 is 6.03 Å². The molecule has 0 saturated carbocycles. The maximum absolute atomic E-state index is 12.5. The number of carbonyl (C=O) groups excluding carboxylic acids is 1. The van der Waals surface area contributed by atoms with Gasteiger partial charge in [0, 0.05) is 41.7 Å². The molecule has 0 unspecified atom stereocenters. The number of pyridine rings is 1. The van der Waals surface area contributed by atoms with Gasteiger partial charge in [-0.1, -0.05) is 29.3 Å². The summed E-state index contributed by atoms with van der Waals surface area (Å²) in [5, 5.41) is 10.6. The van der Waals surface area contributed by atoms with E-state index >= 15 is 0 Å². The average molecular weight is 534 g/mol. The fraction of sp³-hybridized carbons (Fsp3) is 0.440. The second-order valence-electron chi connectivity index (χ2n) is 9.58. The smallest absolute Gasteiger partial charge is 0.320 e. The van der Waals surface area contributed by atoms with Gasteiger partial charge < -0.3 is 20.4 Å². The van der Waals surface area contributed by atoms with Gasteiger partial charge in [-0.3, -0.25) is 5.32 Å². The van der Waals surface area contributed by atoms with Crippen LogP contribution in [0.5, 0.6) is 0 Å². The lowest BCUT2D eigenvalue weighted by Gasteiger charge is -2.27. The standard InChI is InChI=1S/C25H32Cl2N8O/c1-16(2)30-25(36)33-23-18(21-19(26)6-4-7-20(21)27)14-17-15-29-24(32-22(17)31-23)28-8-5-9-35-12-10-34(3)11-13-35/h4,6-7,14-16H,5,8-13H2,1-3H3,(H3,28,29,30,31,32,33,36)/p+2. The van der Waals surface area contributed by atoms with E-state index in [4.69, 9.17) is 23.2 Å². The lowest BCUT2D eigenvalue weighted by atomic mass is 10.0. The second kappa shape index (κ2) is 12.0. The maximum Gasteiger partial charge on any atom is 0.320 e. The number of nitrogens with one attached hydrogen (secondary N) is 5. The molecule has 0 bridgehead atoms. The predicted molar refractivity (Wildman–Crippen MR) is 145 cm³/mol. The van der Waals surface area contributed by atoms with Crippen LogP contribution < -0.4 is 25.8 Å². The minimum absolute atomic E-state index is 0.0372. The Bertz CT molecular complexity index is 1190. The van der Waals surface area contributed by atoms with Crippen molar-refractivity contribution in [2.45, 2.75) is 26.3 Å². The predicted octanol–water partition coefficient (Wildman–Crippen LogP) is 1.74. The quantitative estimate of drug-likeness (QED) is 0.284. The third-order valence-electron chi connectivity index (χ3n) is 6.25. The average Bonchev–Trinajstić information content (AvgIpc) is 2.82. The lowest BCUT2D eigenvalue weighted by molar-refractivity contribution is -1.00. The first-order valence-corrected chi connectivity index (χ1v) is 13.1. The fourth-order valence-corrected chi connectivity index (χ4v) is 4.92. The normalized spacial score (nSPS) is 17.8. The van der Waals surface area contributed by atoms with Crippen LogP contribution in [0, 0.1) is 0 Å². The van der Waals surface area contributed by atoms with Gasteiger partial charge in [0.2, 0.25) is 5.95 Å². The first-order chi connectivity index (χ1) is 17.3. The number of anilines is 2. The molecule has 1 aromatic carbocycles. The molecule has 9 nitrogen and oxygen atoms in total. The van der Waals surface area contributed by atoms with E-state index < -0.39 is 0 Å². The molecular weight excluding hydrogens is 499 g/mol. The number of hydrogen-bond donors (Lipinski definition) is 5. The van der Waals surface area contributed by atoms with Crippen LogP contribution in [0.2, 0.25) is 10.0 Å². The van der Waals surface area contributed by atoms with Crippen molar-refractivity contribution in [3.8, 4) is 11.1 Å². The van der Waals surface area contributed by atoms with Gasteiger partial charge in [-0.2, -0.15) is 4.98 Å². The Morgan fingerprint density at radius 1 is 1.11 bits per heavy atom. The summed E-state index contributed by atoms with van der Waals surface area (Å²) < 4.78 is 0. The van der Waals surface area contributed by atoms with Gasteiger partial charge in [0.1, 0.15) is 32.0 Å². The van der Waals surface area contributed by atoms with Crippen molar-refractivity contribution in [3.05, 3.63) is 40.5 Å². The zero-order chi connectivity index (χ0) is 25.7. The van der Waals surface area contributed by atoms with E-state index in [2.05, 4.69) is 37.9 Å². The number of fused-ring (bicyclic) bond motifs is 1. The number of carbonyl (C=O) groups is 1. The molecule has 1 saturated heterocycles. The molecule has 5 N–H and O–H groups in total. The highest BCUT2D eigenvalue weighted by atomic mass is 35.5. The number of urea groups is 1. The second-order valence-corrected chi connectivity index (χ2v) is 10.4. The largest absolute Gasteiger partial charge is 0.354 e. The molecule has 36 heavy (non-hydrogen) atoms. The summed E-state index contributed by atoms with van der Waals surface area (Å²) in [4.78, 5) is 29.5. The zero-order valence-corrected chi connectivity index (χ0v) is 22.4. The topological polar surface area (TPSA) is 101 Å². The van der Waals surface area contributed by atoms with Crippen LogP contribution >= 0.6 is 23.2 Å². The molecule has 0 aliphatic carbocycles. The third-order valence-corrected chi connectivity index (χ3v) is 6.88. The number of amides is 2. The molecule has 0 spiro atoms. The number of piperazine rings is 1. The van der Waals surface area contributed by atoms with E-state index in [1.54, 1.807) is 34.2 Å². The van der Waals surface area contributed by atoms with Crippen LogP contribution in [0.3, 0.4) is 0 Å². The van der Waals surface area contributed by atoms with Crippen molar-refractivity contribution in [2.75, 3.05) is 56.9 Å². The van der Waals surface area contributed by atoms with Gasteiger partial charge in [-0.15, -0.1) is 0 Å². The molecule has 1 aliphatic heterocycles. The summed E-state index contributed by atoms with van der Waals surface area (Å²) in [5.41, 5.74) is 1.65. The van der Waals surface area contributed by atoms with Crippen molar-refractivity contribution in [2.24, 2.45) is 0 Å². The van der Waals surface area contributed by atoms with Gasteiger partial charge in [0.25, 0.3) is 0 Å². The Hall–Kier alpha value is -2.72. The van der Waals surface area contributed by atoms with Gasteiger partial charge in [-0.05, 0) is 32.0 Å². The number of aromatic nitrogens is 3. The molecule has 1 aliphatic rings. The van der Waals surface area contributed by atoms with E-state index in [0.29, 0.717) is 44.0 Å². The molecule has 11 heteroatoms. The zero-order valence-electron chi connectivity index (χ0n) is 20.9. The molecule has 192 valence electrons. The first kappa shape index (κ1) is 26.3. The Labute approximate surface area is 221 Å². The maximum atomic E-state index is 12.5. The van der Waals surface area contributed by atoms with E-state index in [9.17, 15) is 4.79 Å². The number of likely N-dealkylation sites (N-methyl/N-ethyl adjacent to an activating group) is 1. The molecule has 1 fully saturated rings. The van der Waals surface area contributed by atoms with E-state index in [1.165, 1.54) is 26.2 Å². The molecular formula is C25H34Cl2N8O+2. The third kappa shape index (κ3) is 6.73. The summed E-state index contributed by atoms with van der Waals surface area (Å²) in [7, 11) is 2.26. The highest BCUT2D eigenvalue weighted by Gasteiger charge is 2.20. The number of nitrogens with zero attached hydrogens (tertiary/aromatic N) is 3. The minimum Gasteiger partial charge on any atom is -0.354 e. The van der Waals surface area contributed by atoms with Crippen molar-refractivity contribution < 1.29 is 14.6 Å². The van der Waals surface area contributed by atoms with Crippen molar-refractivity contribution in [1.82, 2.24) is 20.3 Å². The Kier molecular flexibility index (Phi) is 8.79. The number of rotatable bonds is 8. The minimum atomic E-state index is -0.373. The summed E-state index contributed by atoms with van der Waals surface area (Å²) in [5.74, 6) is 0.829. The van der Waals surface area contributed by atoms with Crippen molar-refractivity contribution >= 4 is 52.0 Å². The summed E-state index contributed by atoms with van der Waals surface area (Å²) in [6.07, 6.45) is 2.76. The van der Waals surface area contributed by atoms with Gasteiger partial charge in [0.15, 0.2) is 5.65 Å². The highest BCUT2D eigenvalue weighted by molar-refractivity contribution is 6.39. The Morgan fingerprint density at radius 2 is 1.83 bits per heavy atom. The SMILES string of the molecule is CC(C)NC(=O)Nc1nc2nc(NCCC[NH+]3CC[NH+](C)CC3)ncc2cc1-c1c(Cl)cccc1Cl. The van der Waals surface area contributed by atoms with Gasteiger partial charge in [0.05, 0.1) is 23.6 Å². The van der Waals surface area contributed by atoms with Crippen LogP contribution in [0.4, 0.5) is 16.6 Å². The van der Waals surface area contributed by atoms with Crippen LogP contribution in [0.15, 0.2) is 30.5 Å². The van der Waals surface area contributed by atoms with E-state index in [-0.39, 0.29) is 12.1 Å². The Balaban J connectivity index is 1.54. The Morgan fingerprint density at radius 3 is 2.53 bits per heavy atom. The molecule has 2 aromatic heterocycles. The molecule has 3 heterocycles. The van der Waals surface area contributed by atoms with Crippen LogP contribution in [-0.2, 0) is 0 Å². The van der Waals surface area contributed by atoms with E-state index in [1.807, 2.05) is 19.9 Å². The van der Waals surface area contributed by atoms with Crippen molar-refractivity contribution in [1.29, 1.82) is 0 Å². The number of benzene rings is 1. The summed E-state index contributed by atoms with van der Waals surface area (Å²) >= 11 is 13.0. The molecule has 3 aromatic rings. The first-order valence-electron chi connectivity index (χ1n) is 12.4. The number of halogens is 2. The summed E-state index contributed by atoms with van der Waals surface area (Å²) in [6, 6.07) is 6.71. The molecule has 2 amide bonds. The fourth-order valence-electron chi connectivity index (χ4n) is 4.31. The number of quaternary nitrogens is 2. The lowest BCUT2D eigenvalue weighted by Crippen LogP contribution is -3.27. The van der Waals surface area contributed by atoms with E-state index in [0.717, 1.165) is 19.5 Å².